The maximum absolute atomic E-state index is 11.4. The van der Waals surface area contributed by atoms with E-state index < -0.39 is 12.0 Å². The first-order valence-corrected chi connectivity index (χ1v) is 9.71. The van der Waals surface area contributed by atoms with Crippen LogP contribution >= 0.6 is 0 Å². The lowest BCUT2D eigenvalue weighted by Gasteiger charge is -2.26. The quantitative estimate of drug-likeness (QED) is 0.660. The summed E-state index contributed by atoms with van der Waals surface area (Å²) >= 11 is 0. The van der Waals surface area contributed by atoms with Crippen molar-refractivity contribution in [2.75, 3.05) is 6.61 Å². The summed E-state index contributed by atoms with van der Waals surface area (Å²) in [6.07, 6.45) is 2.48. The molecule has 4 rings (SSSR count). The Morgan fingerprint density at radius 3 is 2.89 bits per heavy atom. The number of carbonyl (C=O) groups excluding carboxylic acids is 1. The summed E-state index contributed by atoms with van der Waals surface area (Å²) in [5, 5.41) is 10.6. The Morgan fingerprint density at radius 1 is 1.25 bits per heavy atom. The van der Waals surface area contributed by atoms with E-state index in [1.54, 1.807) is 0 Å². The number of aromatic nitrogens is 2. The number of aryl methyl sites for hydroxylation is 1. The number of imidazole rings is 1. The number of fused-ring (bicyclic) bond motifs is 2. The van der Waals surface area contributed by atoms with Crippen molar-refractivity contribution in [2.24, 2.45) is 5.73 Å². The fourth-order valence-corrected chi connectivity index (χ4v) is 3.99. The molecular formula is C22H25N3O3. The molecule has 1 aliphatic rings. The summed E-state index contributed by atoms with van der Waals surface area (Å²) in [5.41, 5.74) is 9.59. The fraction of sp³-hybridized carbons (Fsp3) is 0.364. The predicted molar refractivity (Wildman–Crippen MR) is 107 cm³/mol. The van der Waals surface area contributed by atoms with E-state index in [4.69, 9.17) is 10.5 Å². The van der Waals surface area contributed by atoms with Crippen LogP contribution in [0.5, 0.6) is 0 Å². The number of hydrogen-bond donors (Lipinski definition) is 2. The van der Waals surface area contributed by atoms with Crippen molar-refractivity contribution in [2.45, 2.75) is 44.4 Å². The lowest BCUT2D eigenvalue weighted by molar-refractivity contribution is -0.117. The van der Waals surface area contributed by atoms with Gasteiger partial charge in [-0.2, -0.15) is 0 Å². The van der Waals surface area contributed by atoms with Gasteiger partial charge in [-0.15, -0.1) is 0 Å². The summed E-state index contributed by atoms with van der Waals surface area (Å²) in [4.78, 5) is 15.9. The van der Waals surface area contributed by atoms with Gasteiger partial charge in [-0.1, -0.05) is 36.4 Å². The zero-order valence-electron chi connectivity index (χ0n) is 15.8. The zero-order valence-corrected chi connectivity index (χ0v) is 15.8. The summed E-state index contributed by atoms with van der Waals surface area (Å²) in [6.45, 7) is 0.527. The highest BCUT2D eigenvalue weighted by atomic mass is 16.5. The smallest absolute Gasteiger partial charge is 0.225 e. The first-order valence-electron chi connectivity index (χ1n) is 9.71. The van der Waals surface area contributed by atoms with Gasteiger partial charge in [0.15, 0.2) is 0 Å². The average Bonchev–Trinajstić information content (AvgIpc) is 3.02. The van der Waals surface area contributed by atoms with Crippen LogP contribution < -0.4 is 5.73 Å². The van der Waals surface area contributed by atoms with E-state index in [1.807, 2.05) is 34.9 Å². The minimum atomic E-state index is -0.710. The van der Waals surface area contributed by atoms with Crippen molar-refractivity contribution >= 4 is 16.9 Å². The van der Waals surface area contributed by atoms with E-state index in [2.05, 4.69) is 23.2 Å². The first kappa shape index (κ1) is 18.7. The molecule has 1 amide bonds. The molecule has 0 saturated heterocycles. The van der Waals surface area contributed by atoms with Gasteiger partial charge in [0.2, 0.25) is 5.91 Å². The van der Waals surface area contributed by atoms with Crippen LogP contribution in [0.15, 0.2) is 48.5 Å². The van der Waals surface area contributed by atoms with Gasteiger partial charge in [0.25, 0.3) is 0 Å². The molecule has 1 aromatic heterocycles. The van der Waals surface area contributed by atoms with Crippen LogP contribution in [0, 0.1) is 0 Å². The number of para-hydroxylation sites is 2. The highest BCUT2D eigenvalue weighted by molar-refractivity contribution is 5.80. The molecule has 0 aliphatic heterocycles. The molecule has 3 N–H and O–H groups in total. The SMILES string of the molecule is NC(=O)Cc1nc2ccccc2n1C[C@@H](O)CO[C@H]1CCCc2ccccc21. The summed E-state index contributed by atoms with van der Waals surface area (Å²) < 4.78 is 7.94. The molecule has 0 unspecified atom stereocenters. The third-order valence-corrected chi connectivity index (χ3v) is 5.26. The van der Waals surface area contributed by atoms with Crippen molar-refractivity contribution in [3.63, 3.8) is 0 Å². The normalized spacial score (nSPS) is 17.4. The molecular weight excluding hydrogens is 354 g/mol. The van der Waals surface area contributed by atoms with Crippen molar-refractivity contribution < 1.29 is 14.6 Å². The molecule has 6 nitrogen and oxygen atoms in total. The Kier molecular flexibility index (Phi) is 5.41. The Hall–Kier alpha value is -2.70. The van der Waals surface area contributed by atoms with Gasteiger partial charge in [0.1, 0.15) is 5.82 Å². The molecule has 28 heavy (non-hydrogen) atoms. The van der Waals surface area contributed by atoms with Gasteiger partial charge in [0, 0.05) is 0 Å². The van der Waals surface area contributed by atoms with Gasteiger partial charge in [-0.25, -0.2) is 4.98 Å². The maximum Gasteiger partial charge on any atom is 0.225 e. The number of hydrogen-bond acceptors (Lipinski definition) is 4. The van der Waals surface area contributed by atoms with Crippen molar-refractivity contribution in [1.29, 1.82) is 0 Å². The third-order valence-electron chi connectivity index (χ3n) is 5.26. The van der Waals surface area contributed by atoms with Crippen LogP contribution in [0.3, 0.4) is 0 Å². The number of benzene rings is 2. The Labute approximate surface area is 163 Å². The second-order valence-corrected chi connectivity index (χ2v) is 7.34. The van der Waals surface area contributed by atoms with Crippen LogP contribution in [0.2, 0.25) is 0 Å². The van der Waals surface area contributed by atoms with Crippen LogP contribution in [-0.2, 0) is 28.9 Å². The Balaban J connectivity index is 1.47. The molecule has 146 valence electrons. The number of carbonyl (C=O) groups is 1. The van der Waals surface area contributed by atoms with Gasteiger partial charge in [-0.3, -0.25) is 4.79 Å². The zero-order chi connectivity index (χ0) is 19.5. The van der Waals surface area contributed by atoms with Crippen molar-refractivity contribution in [1.82, 2.24) is 9.55 Å². The molecule has 0 bridgehead atoms. The molecule has 0 fully saturated rings. The number of nitrogens with zero attached hydrogens (tertiary/aromatic N) is 2. The minimum Gasteiger partial charge on any atom is -0.389 e. The Morgan fingerprint density at radius 2 is 2.04 bits per heavy atom. The van der Waals surface area contributed by atoms with Gasteiger partial charge in [0.05, 0.1) is 42.8 Å². The number of nitrogens with two attached hydrogens (primary N) is 1. The van der Waals surface area contributed by atoms with Gasteiger partial charge >= 0.3 is 0 Å². The molecule has 2 atom stereocenters. The number of aliphatic hydroxyl groups is 1. The number of ether oxygens (including phenoxy) is 1. The third kappa shape index (κ3) is 3.93. The highest BCUT2D eigenvalue weighted by Crippen LogP contribution is 2.32. The number of primary amides is 1. The molecule has 1 aliphatic carbocycles. The van der Waals surface area contributed by atoms with E-state index in [1.165, 1.54) is 11.1 Å². The number of aliphatic hydroxyl groups excluding tert-OH is 1. The van der Waals surface area contributed by atoms with Crippen molar-refractivity contribution in [3.8, 4) is 0 Å². The van der Waals surface area contributed by atoms with Crippen LogP contribution in [0.25, 0.3) is 11.0 Å². The maximum atomic E-state index is 11.4. The van der Waals surface area contributed by atoms with E-state index in [9.17, 15) is 9.90 Å². The van der Waals surface area contributed by atoms with E-state index in [0.29, 0.717) is 12.4 Å². The number of amides is 1. The first-order chi connectivity index (χ1) is 13.6. The average molecular weight is 379 g/mol. The Bertz CT molecular complexity index is 982. The molecule has 0 radical (unpaired) electrons. The molecule has 0 saturated carbocycles. The summed E-state index contributed by atoms with van der Waals surface area (Å²) in [6, 6.07) is 16.0. The van der Waals surface area contributed by atoms with Crippen LogP contribution in [0.1, 0.15) is 35.9 Å². The van der Waals surface area contributed by atoms with Crippen LogP contribution in [-0.4, -0.2) is 33.3 Å². The molecule has 3 aromatic rings. The van der Waals surface area contributed by atoms with Gasteiger partial charge < -0.3 is 20.1 Å². The fourth-order valence-electron chi connectivity index (χ4n) is 3.99. The molecule has 1 heterocycles. The predicted octanol–water partition coefficient (Wildman–Crippen LogP) is 2.52. The van der Waals surface area contributed by atoms with E-state index in [-0.39, 0.29) is 19.1 Å². The molecule has 0 spiro atoms. The minimum absolute atomic E-state index is 0.0178. The topological polar surface area (TPSA) is 90.4 Å². The van der Waals surface area contributed by atoms with E-state index in [0.717, 1.165) is 30.3 Å². The molecule has 6 heteroatoms. The monoisotopic (exact) mass is 379 g/mol. The van der Waals surface area contributed by atoms with E-state index >= 15 is 0 Å². The number of rotatable bonds is 7. The summed E-state index contributed by atoms with van der Waals surface area (Å²) in [7, 11) is 0. The van der Waals surface area contributed by atoms with Crippen molar-refractivity contribution in [3.05, 3.63) is 65.5 Å². The standard InChI is InChI=1S/C22H25N3O3/c23-21(27)12-22-24-18-9-3-4-10-19(18)25(22)13-16(26)14-28-20-11-5-7-15-6-1-2-8-17(15)20/h1-4,6,8-10,16,20,26H,5,7,11-14H2,(H2,23,27)/t16-,20+/m1/s1. The largest absolute Gasteiger partial charge is 0.389 e. The highest BCUT2D eigenvalue weighted by Gasteiger charge is 2.22. The van der Waals surface area contributed by atoms with Gasteiger partial charge in [-0.05, 0) is 42.5 Å². The van der Waals surface area contributed by atoms with Crippen LogP contribution in [0.4, 0.5) is 0 Å². The second-order valence-electron chi connectivity index (χ2n) is 7.34. The lowest BCUT2D eigenvalue weighted by atomic mass is 9.89. The second kappa shape index (κ2) is 8.12. The summed E-state index contributed by atoms with van der Waals surface area (Å²) in [5.74, 6) is 0.122. The lowest BCUT2D eigenvalue weighted by Crippen LogP contribution is -2.26. The molecule has 2 aromatic carbocycles.